The number of nitrogens with one attached hydrogen (secondary N) is 1. The summed E-state index contributed by atoms with van der Waals surface area (Å²) in [6.45, 7) is 4.17. The molecule has 0 radical (unpaired) electrons. The molecule has 0 bridgehead atoms. The molecule has 0 aromatic carbocycles. The van der Waals surface area contributed by atoms with Gasteiger partial charge in [-0.25, -0.2) is 9.97 Å². The highest BCUT2D eigenvalue weighted by molar-refractivity contribution is 5.34. The van der Waals surface area contributed by atoms with Crippen LogP contribution in [0.3, 0.4) is 0 Å². The van der Waals surface area contributed by atoms with E-state index in [1.807, 2.05) is 20.0 Å². The van der Waals surface area contributed by atoms with Crippen molar-refractivity contribution in [2.75, 3.05) is 12.4 Å². The van der Waals surface area contributed by atoms with Gasteiger partial charge in [-0.15, -0.1) is 0 Å². The summed E-state index contributed by atoms with van der Waals surface area (Å²) in [6, 6.07) is 1.95. The monoisotopic (exact) mass is 179 g/mol. The maximum atomic E-state index is 4.37. The summed E-state index contributed by atoms with van der Waals surface area (Å²) in [5.41, 5.74) is 1.03. The van der Waals surface area contributed by atoms with Gasteiger partial charge >= 0.3 is 0 Å². The Morgan fingerprint density at radius 1 is 1.38 bits per heavy atom. The second-order valence-corrected chi connectivity index (χ2v) is 3.16. The molecule has 72 valence electrons. The minimum absolute atomic E-state index is 0.915. The lowest BCUT2D eigenvalue weighted by molar-refractivity contribution is 0.749. The molecule has 0 spiro atoms. The molecule has 13 heavy (non-hydrogen) atoms. The Balaban J connectivity index is 2.76. The fourth-order valence-electron chi connectivity index (χ4n) is 1.20. The van der Waals surface area contributed by atoms with E-state index >= 15 is 0 Å². The number of aryl methyl sites for hydroxylation is 2. The predicted octanol–water partition coefficient (Wildman–Crippen LogP) is 2.17. The Morgan fingerprint density at radius 2 is 2.15 bits per heavy atom. The number of unbranched alkanes of at least 4 members (excludes halogenated alkanes) is 1. The molecule has 3 nitrogen and oxygen atoms in total. The fourth-order valence-corrected chi connectivity index (χ4v) is 1.20. The molecule has 0 amide bonds. The van der Waals surface area contributed by atoms with Gasteiger partial charge in [0.25, 0.3) is 0 Å². The van der Waals surface area contributed by atoms with E-state index in [2.05, 4.69) is 22.2 Å². The topological polar surface area (TPSA) is 37.8 Å². The first-order valence-electron chi connectivity index (χ1n) is 4.78. The molecular formula is C10H17N3. The van der Waals surface area contributed by atoms with Crippen molar-refractivity contribution in [1.29, 1.82) is 0 Å². The highest BCUT2D eigenvalue weighted by atomic mass is 15.0. The number of aromatic nitrogens is 2. The molecule has 0 saturated heterocycles. The van der Waals surface area contributed by atoms with Gasteiger partial charge in [-0.2, -0.15) is 0 Å². The lowest BCUT2D eigenvalue weighted by Gasteiger charge is -2.04. The zero-order chi connectivity index (χ0) is 9.68. The third kappa shape index (κ3) is 3.01. The fraction of sp³-hybridized carbons (Fsp3) is 0.600. The van der Waals surface area contributed by atoms with Crippen molar-refractivity contribution in [3.05, 3.63) is 17.6 Å². The molecule has 1 aromatic heterocycles. The van der Waals surface area contributed by atoms with Crippen molar-refractivity contribution in [1.82, 2.24) is 9.97 Å². The normalized spacial score (nSPS) is 10.1. The van der Waals surface area contributed by atoms with Crippen LogP contribution in [0.5, 0.6) is 0 Å². The Morgan fingerprint density at radius 3 is 2.77 bits per heavy atom. The molecule has 1 rings (SSSR count). The lowest BCUT2D eigenvalue weighted by atomic mass is 10.2. The number of hydrogen-bond acceptors (Lipinski definition) is 3. The second kappa shape index (κ2) is 4.80. The Kier molecular flexibility index (Phi) is 3.68. The first kappa shape index (κ1) is 9.96. The van der Waals surface area contributed by atoms with Crippen LogP contribution in [0.15, 0.2) is 6.07 Å². The number of nitrogens with zero attached hydrogens (tertiary/aromatic N) is 2. The second-order valence-electron chi connectivity index (χ2n) is 3.16. The van der Waals surface area contributed by atoms with Crippen LogP contribution in [0.2, 0.25) is 0 Å². The predicted molar refractivity (Wildman–Crippen MR) is 54.9 cm³/mol. The quantitative estimate of drug-likeness (QED) is 0.769. The molecule has 0 aliphatic rings. The van der Waals surface area contributed by atoms with E-state index in [1.165, 1.54) is 6.42 Å². The average molecular weight is 179 g/mol. The molecular weight excluding hydrogens is 162 g/mol. The van der Waals surface area contributed by atoms with Crippen LogP contribution >= 0.6 is 0 Å². The standard InChI is InChI=1S/C10H17N3/c1-4-5-6-9-12-8(2)7-10(11-3)13-9/h7H,4-6H2,1-3H3,(H,11,12,13). The van der Waals surface area contributed by atoms with Gasteiger partial charge in [-0.05, 0) is 13.3 Å². The summed E-state index contributed by atoms with van der Waals surface area (Å²) in [4.78, 5) is 8.74. The summed E-state index contributed by atoms with van der Waals surface area (Å²) in [5.74, 6) is 1.87. The van der Waals surface area contributed by atoms with Crippen LogP contribution < -0.4 is 5.32 Å². The Hall–Kier alpha value is -1.12. The molecule has 3 heteroatoms. The first-order chi connectivity index (χ1) is 6.26. The van der Waals surface area contributed by atoms with Crippen molar-refractivity contribution in [2.24, 2.45) is 0 Å². The number of rotatable bonds is 4. The minimum Gasteiger partial charge on any atom is -0.373 e. The number of hydrogen-bond donors (Lipinski definition) is 1. The Bertz CT molecular complexity index is 271. The van der Waals surface area contributed by atoms with E-state index in [9.17, 15) is 0 Å². The molecule has 1 aromatic rings. The smallest absolute Gasteiger partial charge is 0.130 e. The van der Waals surface area contributed by atoms with Gasteiger partial charge in [0.2, 0.25) is 0 Å². The van der Waals surface area contributed by atoms with Crippen LogP contribution in [0, 0.1) is 6.92 Å². The highest BCUT2D eigenvalue weighted by Crippen LogP contribution is 2.07. The van der Waals surface area contributed by atoms with Gasteiger partial charge < -0.3 is 5.32 Å². The van der Waals surface area contributed by atoms with Gasteiger partial charge in [0.1, 0.15) is 11.6 Å². The van der Waals surface area contributed by atoms with Gasteiger partial charge in [0, 0.05) is 25.2 Å². The third-order valence-corrected chi connectivity index (χ3v) is 1.91. The van der Waals surface area contributed by atoms with Gasteiger partial charge in [-0.1, -0.05) is 13.3 Å². The molecule has 1 heterocycles. The third-order valence-electron chi connectivity index (χ3n) is 1.91. The lowest BCUT2D eigenvalue weighted by Crippen LogP contribution is -2.01. The van der Waals surface area contributed by atoms with Crippen LogP contribution in [0.1, 0.15) is 31.3 Å². The van der Waals surface area contributed by atoms with E-state index in [4.69, 9.17) is 0 Å². The van der Waals surface area contributed by atoms with Gasteiger partial charge in [0.05, 0.1) is 0 Å². The van der Waals surface area contributed by atoms with E-state index in [-0.39, 0.29) is 0 Å². The maximum Gasteiger partial charge on any atom is 0.130 e. The summed E-state index contributed by atoms with van der Waals surface area (Å²) in [5, 5.41) is 3.03. The summed E-state index contributed by atoms with van der Waals surface area (Å²) < 4.78 is 0. The highest BCUT2D eigenvalue weighted by Gasteiger charge is 1.99. The van der Waals surface area contributed by atoms with Gasteiger partial charge in [0.15, 0.2) is 0 Å². The summed E-state index contributed by atoms with van der Waals surface area (Å²) in [7, 11) is 1.88. The van der Waals surface area contributed by atoms with Crippen molar-refractivity contribution in [3.63, 3.8) is 0 Å². The van der Waals surface area contributed by atoms with Crippen molar-refractivity contribution >= 4 is 5.82 Å². The molecule has 0 unspecified atom stereocenters. The SMILES string of the molecule is CCCCc1nc(C)cc(NC)n1. The van der Waals surface area contributed by atoms with Crippen molar-refractivity contribution < 1.29 is 0 Å². The molecule has 0 saturated carbocycles. The van der Waals surface area contributed by atoms with E-state index in [1.54, 1.807) is 0 Å². The van der Waals surface area contributed by atoms with Crippen LogP contribution in [0.4, 0.5) is 5.82 Å². The van der Waals surface area contributed by atoms with Crippen LogP contribution in [-0.4, -0.2) is 17.0 Å². The summed E-state index contributed by atoms with van der Waals surface area (Å²) >= 11 is 0. The maximum absolute atomic E-state index is 4.37. The van der Waals surface area contributed by atoms with Crippen LogP contribution in [-0.2, 0) is 6.42 Å². The largest absolute Gasteiger partial charge is 0.373 e. The average Bonchev–Trinajstić information content (AvgIpc) is 2.14. The zero-order valence-corrected chi connectivity index (χ0v) is 8.59. The van der Waals surface area contributed by atoms with E-state index in [0.29, 0.717) is 0 Å². The molecule has 0 atom stereocenters. The Labute approximate surface area is 79.6 Å². The molecule has 0 fully saturated rings. The molecule has 0 aliphatic heterocycles. The van der Waals surface area contributed by atoms with Gasteiger partial charge in [-0.3, -0.25) is 0 Å². The van der Waals surface area contributed by atoms with Crippen molar-refractivity contribution in [2.45, 2.75) is 33.1 Å². The molecule has 1 N–H and O–H groups in total. The first-order valence-corrected chi connectivity index (χ1v) is 4.78. The van der Waals surface area contributed by atoms with Crippen LogP contribution in [0.25, 0.3) is 0 Å². The molecule has 0 aliphatic carbocycles. The van der Waals surface area contributed by atoms with E-state index < -0.39 is 0 Å². The minimum atomic E-state index is 0.915. The number of anilines is 1. The van der Waals surface area contributed by atoms with Crippen molar-refractivity contribution in [3.8, 4) is 0 Å². The summed E-state index contributed by atoms with van der Waals surface area (Å²) in [6.07, 6.45) is 3.33. The zero-order valence-electron chi connectivity index (χ0n) is 8.59. The van der Waals surface area contributed by atoms with E-state index in [0.717, 1.165) is 30.2 Å².